The number of carbonyl (C=O) groups is 1. The monoisotopic (exact) mass is 353 g/mol. The van der Waals surface area contributed by atoms with E-state index < -0.39 is 0 Å². The molecule has 1 heterocycles. The molecule has 4 nitrogen and oxygen atoms in total. The van der Waals surface area contributed by atoms with Crippen LogP contribution in [-0.4, -0.2) is 24.0 Å². The van der Waals surface area contributed by atoms with Gasteiger partial charge >= 0.3 is 0 Å². The van der Waals surface area contributed by atoms with Crippen LogP contribution in [0.25, 0.3) is 11.0 Å². The van der Waals surface area contributed by atoms with Crippen molar-refractivity contribution < 1.29 is 18.3 Å². The minimum absolute atomic E-state index is 0.00530. The average molecular weight is 353 g/mol. The molecule has 0 saturated heterocycles. The Morgan fingerprint density at radius 2 is 2.04 bits per heavy atom. The first-order valence-electron chi connectivity index (χ1n) is 8.72. The van der Waals surface area contributed by atoms with Crippen molar-refractivity contribution >= 4 is 16.9 Å². The molecule has 4 rings (SSSR count). The summed E-state index contributed by atoms with van der Waals surface area (Å²) in [6, 6.07) is 12.4. The van der Waals surface area contributed by atoms with Crippen LogP contribution in [0.5, 0.6) is 5.75 Å². The first-order chi connectivity index (χ1) is 12.7. The maximum Gasteiger partial charge on any atom is 0.227 e. The average Bonchev–Trinajstić information content (AvgIpc) is 3.42. The van der Waals surface area contributed by atoms with E-state index in [-0.39, 0.29) is 24.2 Å². The second-order valence-corrected chi connectivity index (χ2v) is 6.64. The minimum Gasteiger partial charge on any atom is -0.497 e. The second kappa shape index (κ2) is 6.83. The Bertz CT molecular complexity index is 945. The Labute approximate surface area is 151 Å². The number of halogens is 1. The van der Waals surface area contributed by atoms with Gasteiger partial charge in [0, 0.05) is 35.2 Å². The summed E-state index contributed by atoms with van der Waals surface area (Å²) in [5.74, 6) is 0.435. The molecule has 0 N–H and O–H groups in total. The van der Waals surface area contributed by atoms with Crippen molar-refractivity contribution in [3.05, 3.63) is 65.7 Å². The number of rotatable bonds is 6. The molecule has 0 unspecified atom stereocenters. The number of methoxy groups -OCH3 is 1. The van der Waals surface area contributed by atoms with Crippen LogP contribution in [0.4, 0.5) is 4.39 Å². The number of nitrogens with zero attached hydrogens (tertiary/aromatic N) is 1. The summed E-state index contributed by atoms with van der Waals surface area (Å²) in [4.78, 5) is 14.7. The molecule has 0 bridgehead atoms. The molecule has 0 spiro atoms. The molecule has 1 aliphatic carbocycles. The van der Waals surface area contributed by atoms with Crippen molar-refractivity contribution in [1.29, 1.82) is 0 Å². The lowest BCUT2D eigenvalue weighted by Crippen LogP contribution is -2.34. The number of ether oxygens (including phenoxy) is 1. The fourth-order valence-electron chi connectivity index (χ4n) is 3.21. The van der Waals surface area contributed by atoms with Gasteiger partial charge in [-0.05, 0) is 31.0 Å². The summed E-state index contributed by atoms with van der Waals surface area (Å²) in [7, 11) is 1.60. The van der Waals surface area contributed by atoms with Crippen molar-refractivity contribution in [3.8, 4) is 5.75 Å². The van der Waals surface area contributed by atoms with Crippen LogP contribution < -0.4 is 4.74 Å². The molecule has 2 aromatic carbocycles. The van der Waals surface area contributed by atoms with E-state index in [1.54, 1.807) is 42.5 Å². The smallest absolute Gasteiger partial charge is 0.227 e. The van der Waals surface area contributed by atoms with Gasteiger partial charge in [-0.15, -0.1) is 0 Å². The van der Waals surface area contributed by atoms with Crippen molar-refractivity contribution in [3.63, 3.8) is 0 Å². The predicted molar refractivity (Wildman–Crippen MR) is 96.4 cm³/mol. The van der Waals surface area contributed by atoms with Gasteiger partial charge in [0.25, 0.3) is 0 Å². The van der Waals surface area contributed by atoms with E-state index in [1.807, 2.05) is 12.1 Å². The molecule has 1 amide bonds. The number of furan rings is 1. The highest BCUT2D eigenvalue weighted by atomic mass is 19.1. The second-order valence-electron chi connectivity index (χ2n) is 6.64. The van der Waals surface area contributed by atoms with Crippen LogP contribution in [0.2, 0.25) is 0 Å². The fourth-order valence-corrected chi connectivity index (χ4v) is 3.21. The third-order valence-electron chi connectivity index (χ3n) is 4.81. The summed E-state index contributed by atoms with van der Waals surface area (Å²) in [5.41, 5.74) is 2.08. The van der Waals surface area contributed by atoms with Gasteiger partial charge in [0.05, 0.1) is 19.8 Å². The quantitative estimate of drug-likeness (QED) is 0.663. The lowest BCUT2D eigenvalue weighted by molar-refractivity contribution is -0.131. The van der Waals surface area contributed by atoms with Gasteiger partial charge in [0.15, 0.2) is 0 Å². The number of hydrogen-bond acceptors (Lipinski definition) is 3. The largest absolute Gasteiger partial charge is 0.497 e. The molecule has 26 heavy (non-hydrogen) atoms. The standard InChI is InChI=1S/C21H20FNO3/c1-25-17-8-9-18-15(13-26-20(18)11-17)10-21(24)23(16-6-7-16)12-14-4-2-3-5-19(14)22/h2-5,8-9,11,13,16H,6-7,10,12H2,1H3. The van der Waals surface area contributed by atoms with Crippen LogP contribution in [0, 0.1) is 5.82 Å². The number of fused-ring (bicyclic) bond motifs is 1. The Morgan fingerprint density at radius 3 is 2.77 bits per heavy atom. The highest BCUT2D eigenvalue weighted by Gasteiger charge is 2.33. The van der Waals surface area contributed by atoms with Gasteiger partial charge in [-0.25, -0.2) is 4.39 Å². The van der Waals surface area contributed by atoms with Crippen LogP contribution in [-0.2, 0) is 17.8 Å². The SMILES string of the molecule is COc1ccc2c(CC(=O)N(Cc3ccccc3F)C3CC3)coc2c1. The Hall–Kier alpha value is -2.82. The molecule has 0 aliphatic heterocycles. The maximum absolute atomic E-state index is 14.0. The third kappa shape index (κ3) is 3.29. The first kappa shape index (κ1) is 16.6. The molecule has 0 atom stereocenters. The molecule has 134 valence electrons. The first-order valence-corrected chi connectivity index (χ1v) is 8.72. The summed E-state index contributed by atoms with van der Waals surface area (Å²) in [6.45, 7) is 0.305. The van der Waals surface area contributed by atoms with Crippen molar-refractivity contribution in [2.24, 2.45) is 0 Å². The van der Waals surface area contributed by atoms with Gasteiger partial charge in [0.2, 0.25) is 5.91 Å². The Kier molecular flexibility index (Phi) is 4.37. The van der Waals surface area contributed by atoms with Crippen LogP contribution >= 0.6 is 0 Å². The van der Waals surface area contributed by atoms with Crippen LogP contribution in [0.1, 0.15) is 24.0 Å². The predicted octanol–water partition coefficient (Wildman–Crippen LogP) is 4.31. The molecule has 1 aliphatic rings. The molecule has 1 saturated carbocycles. The molecular weight excluding hydrogens is 333 g/mol. The van der Waals surface area contributed by atoms with Crippen molar-refractivity contribution in [1.82, 2.24) is 4.90 Å². The number of carbonyl (C=O) groups excluding carboxylic acids is 1. The lowest BCUT2D eigenvalue weighted by Gasteiger charge is -2.22. The van der Waals surface area contributed by atoms with E-state index in [0.717, 1.165) is 23.8 Å². The molecule has 1 fully saturated rings. The van der Waals surface area contributed by atoms with E-state index in [9.17, 15) is 9.18 Å². The van der Waals surface area contributed by atoms with E-state index >= 15 is 0 Å². The van der Waals surface area contributed by atoms with E-state index in [1.165, 1.54) is 6.07 Å². The molecular formula is C21H20FNO3. The van der Waals surface area contributed by atoms with Gasteiger partial charge in [-0.2, -0.15) is 0 Å². The molecule has 5 heteroatoms. The Balaban J connectivity index is 1.55. The maximum atomic E-state index is 14.0. The number of amides is 1. The summed E-state index contributed by atoms with van der Waals surface area (Å²) < 4.78 is 24.8. The van der Waals surface area contributed by atoms with Crippen LogP contribution in [0.15, 0.2) is 53.1 Å². The van der Waals surface area contributed by atoms with Crippen molar-refractivity contribution in [2.45, 2.75) is 31.8 Å². The molecule has 1 aromatic heterocycles. The zero-order valence-corrected chi connectivity index (χ0v) is 14.6. The summed E-state index contributed by atoms with van der Waals surface area (Å²) in [6.07, 6.45) is 3.81. The third-order valence-corrected chi connectivity index (χ3v) is 4.81. The fraction of sp³-hybridized carbons (Fsp3) is 0.286. The normalized spacial score (nSPS) is 13.8. The van der Waals surface area contributed by atoms with Crippen molar-refractivity contribution in [2.75, 3.05) is 7.11 Å². The summed E-state index contributed by atoms with van der Waals surface area (Å²) in [5, 5.41) is 0.904. The topological polar surface area (TPSA) is 42.7 Å². The lowest BCUT2D eigenvalue weighted by atomic mass is 10.1. The molecule has 3 aromatic rings. The van der Waals surface area contributed by atoms with Crippen LogP contribution in [0.3, 0.4) is 0 Å². The Morgan fingerprint density at radius 1 is 1.23 bits per heavy atom. The zero-order chi connectivity index (χ0) is 18.1. The van der Waals surface area contributed by atoms with E-state index in [2.05, 4.69) is 0 Å². The van der Waals surface area contributed by atoms with Gasteiger partial charge in [0.1, 0.15) is 17.1 Å². The minimum atomic E-state index is -0.271. The summed E-state index contributed by atoms with van der Waals surface area (Å²) >= 11 is 0. The highest BCUT2D eigenvalue weighted by molar-refractivity contribution is 5.88. The van der Waals surface area contributed by atoms with E-state index in [0.29, 0.717) is 23.4 Å². The number of benzene rings is 2. The van der Waals surface area contributed by atoms with Gasteiger partial charge in [-0.3, -0.25) is 4.79 Å². The van der Waals surface area contributed by atoms with Gasteiger partial charge in [-0.1, -0.05) is 18.2 Å². The zero-order valence-electron chi connectivity index (χ0n) is 14.6. The number of hydrogen-bond donors (Lipinski definition) is 0. The molecule has 0 radical (unpaired) electrons. The van der Waals surface area contributed by atoms with Gasteiger partial charge < -0.3 is 14.1 Å². The highest BCUT2D eigenvalue weighted by Crippen LogP contribution is 2.31. The van der Waals surface area contributed by atoms with E-state index in [4.69, 9.17) is 9.15 Å².